The molecule has 0 aliphatic heterocycles. The van der Waals surface area contributed by atoms with Gasteiger partial charge in [-0.2, -0.15) is 0 Å². The molecule has 23 heavy (non-hydrogen) atoms. The molecule has 2 aromatic carbocycles. The van der Waals surface area contributed by atoms with E-state index in [1.807, 2.05) is 6.07 Å². The number of amides is 1. The summed E-state index contributed by atoms with van der Waals surface area (Å²) in [5.74, 6) is 0.188. The zero-order valence-corrected chi connectivity index (χ0v) is 15.1. The van der Waals surface area contributed by atoms with Gasteiger partial charge in [0, 0.05) is 22.3 Å². The van der Waals surface area contributed by atoms with E-state index < -0.39 is 11.0 Å². The lowest BCUT2D eigenvalue weighted by Gasteiger charge is -2.16. The van der Waals surface area contributed by atoms with E-state index in [-0.39, 0.29) is 11.6 Å². The lowest BCUT2D eigenvalue weighted by atomic mass is 10.2. The van der Waals surface area contributed by atoms with Crippen LogP contribution in [0.1, 0.15) is 6.92 Å². The summed E-state index contributed by atoms with van der Waals surface area (Å²) in [5.41, 5.74) is 0.428. The summed E-state index contributed by atoms with van der Waals surface area (Å²) in [7, 11) is 0. The van der Waals surface area contributed by atoms with Gasteiger partial charge in [-0.05, 0) is 53.2 Å². The van der Waals surface area contributed by atoms with Gasteiger partial charge >= 0.3 is 0 Å². The lowest BCUT2D eigenvalue weighted by Crippen LogP contribution is -2.30. The Labute approximate surface area is 149 Å². The Morgan fingerprint density at radius 2 is 1.87 bits per heavy atom. The van der Waals surface area contributed by atoms with Gasteiger partial charge in [-0.15, -0.1) is 0 Å². The quantitative estimate of drug-likeness (QED) is 0.543. The predicted molar refractivity (Wildman–Crippen MR) is 93.7 cm³/mol. The minimum Gasteiger partial charge on any atom is -0.480 e. The molecule has 8 heteroatoms. The topological polar surface area (TPSA) is 81.5 Å². The third-order valence-electron chi connectivity index (χ3n) is 2.91. The number of hydrogen-bond acceptors (Lipinski definition) is 4. The Bertz CT molecular complexity index is 735. The number of nitro groups is 1. The van der Waals surface area contributed by atoms with E-state index >= 15 is 0 Å². The maximum Gasteiger partial charge on any atom is 0.269 e. The number of nitrogens with zero attached hydrogens (tertiary/aromatic N) is 1. The highest BCUT2D eigenvalue weighted by Crippen LogP contribution is 2.29. The number of ether oxygens (including phenoxy) is 1. The van der Waals surface area contributed by atoms with Gasteiger partial charge in [0.15, 0.2) is 6.10 Å². The molecule has 0 radical (unpaired) electrons. The highest BCUT2D eigenvalue weighted by atomic mass is 79.9. The van der Waals surface area contributed by atoms with Crippen LogP contribution in [0.15, 0.2) is 51.4 Å². The highest BCUT2D eigenvalue weighted by molar-refractivity contribution is 9.11. The van der Waals surface area contributed by atoms with E-state index in [1.165, 1.54) is 24.3 Å². The number of carbonyl (C=O) groups excluding carboxylic acids is 1. The van der Waals surface area contributed by atoms with Crippen molar-refractivity contribution >= 4 is 49.1 Å². The standard InChI is InChI=1S/C15H12Br2N2O4/c1-9(23-14-7-2-10(16)8-13(14)17)15(20)18-11-3-5-12(6-4-11)19(21)22/h2-9H,1H3,(H,18,20). The van der Waals surface area contributed by atoms with Crippen LogP contribution in [0.3, 0.4) is 0 Å². The molecule has 0 aliphatic carbocycles. The Morgan fingerprint density at radius 1 is 1.22 bits per heavy atom. The largest absolute Gasteiger partial charge is 0.480 e. The van der Waals surface area contributed by atoms with E-state index in [2.05, 4.69) is 37.2 Å². The van der Waals surface area contributed by atoms with Crippen molar-refractivity contribution in [3.63, 3.8) is 0 Å². The summed E-state index contributed by atoms with van der Waals surface area (Å²) in [6, 6.07) is 11.0. The van der Waals surface area contributed by atoms with Crippen LogP contribution in [0.2, 0.25) is 0 Å². The third-order valence-corrected chi connectivity index (χ3v) is 4.03. The summed E-state index contributed by atoms with van der Waals surface area (Å²) in [6.07, 6.45) is -0.734. The van der Waals surface area contributed by atoms with E-state index in [0.29, 0.717) is 11.4 Å². The smallest absolute Gasteiger partial charge is 0.269 e. The number of benzene rings is 2. The molecule has 1 N–H and O–H groups in total. The van der Waals surface area contributed by atoms with Crippen LogP contribution in [0, 0.1) is 10.1 Å². The minimum absolute atomic E-state index is 0.0360. The first-order valence-corrected chi connectivity index (χ1v) is 8.12. The molecule has 1 unspecified atom stereocenters. The van der Waals surface area contributed by atoms with Crippen molar-refractivity contribution in [2.45, 2.75) is 13.0 Å². The van der Waals surface area contributed by atoms with Crippen LogP contribution in [-0.2, 0) is 4.79 Å². The fraction of sp³-hybridized carbons (Fsp3) is 0.133. The molecule has 6 nitrogen and oxygen atoms in total. The van der Waals surface area contributed by atoms with E-state index in [0.717, 1.165) is 8.95 Å². The number of nitrogens with one attached hydrogen (secondary N) is 1. The maximum absolute atomic E-state index is 12.1. The first-order chi connectivity index (χ1) is 10.9. The number of non-ortho nitro benzene ring substituents is 1. The molecular formula is C15H12Br2N2O4. The molecule has 0 saturated carbocycles. The monoisotopic (exact) mass is 442 g/mol. The number of halogens is 2. The Morgan fingerprint density at radius 3 is 2.43 bits per heavy atom. The molecule has 0 aromatic heterocycles. The fourth-order valence-corrected chi connectivity index (χ4v) is 2.87. The fourth-order valence-electron chi connectivity index (χ4n) is 1.73. The second-order valence-electron chi connectivity index (χ2n) is 4.63. The number of hydrogen-bond donors (Lipinski definition) is 1. The summed E-state index contributed by atoms with van der Waals surface area (Å²) >= 11 is 6.70. The summed E-state index contributed by atoms with van der Waals surface area (Å²) in [6.45, 7) is 1.62. The zero-order chi connectivity index (χ0) is 17.0. The molecule has 0 bridgehead atoms. The van der Waals surface area contributed by atoms with Gasteiger partial charge in [-0.3, -0.25) is 14.9 Å². The summed E-state index contributed by atoms with van der Waals surface area (Å²) < 4.78 is 7.22. The van der Waals surface area contributed by atoms with Crippen molar-refractivity contribution in [1.29, 1.82) is 0 Å². The van der Waals surface area contributed by atoms with Gasteiger partial charge in [-0.25, -0.2) is 0 Å². The second-order valence-corrected chi connectivity index (χ2v) is 6.40. The molecule has 1 amide bonds. The van der Waals surface area contributed by atoms with Crippen molar-refractivity contribution in [3.8, 4) is 5.75 Å². The van der Waals surface area contributed by atoms with Crippen molar-refractivity contribution in [3.05, 3.63) is 61.5 Å². The van der Waals surface area contributed by atoms with E-state index in [4.69, 9.17) is 4.74 Å². The maximum atomic E-state index is 12.1. The van der Waals surface area contributed by atoms with Crippen LogP contribution in [0.4, 0.5) is 11.4 Å². The highest BCUT2D eigenvalue weighted by Gasteiger charge is 2.16. The number of carbonyl (C=O) groups is 1. The van der Waals surface area contributed by atoms with Crippen molar-refractivity contribution in [2.75, 3.05) is 5.32 Å². The molecule has 0 aliphatic rings. The van der Waals surface area contributed by atoms with E-state index in [9.17, 15) is 14.9 Å². The molecule has 2 aromatic rings. The number of nitro benzene ring substituents is 1. The van der Waals surface area contributed by atoms with Crippen LogP contribution in [0.25, 0.3) is 0 Å². The molecule has 1 atom stereocenters. The van der Waals surface area contributed by atoms with Gasteiger partial charge < -0.3 is 10.1 Å². The number of rotatable bonds is 5. The van der Waals surface area contributed by atoms with Crippen molar-refractivity contribution < 1.29 is 14.5 Å². The SMILES string of the molecule is CC(Oc1ccc(Br)cc1Br)C(=O)Nc1ccc([N+](=O)[O-])cc1. The van der Waals surface area contributed by atoms with Crippen LogP contribution >= 0.6 is 31.9 Å². The molecule has 0 spiro atoms. The number of anilines is 1. The summed E-state index contributed by atoms with van der Waals surface area (Å²) in [4.78, 5) is 22.2. The van der Waals surface area contributed by atoms with Crippen LogP contribution in [-0.4, -0.2) is 16.9 Å². The molecule has 120 valence electrons. The average Bonchev–Trinajstić information content (AvgIpc) is 2.50. The molecule has 0 heterocycles. The van der Waals surface area contributed by atoms with Gasteiger partial charge in [0.25, 0.3) is 11.6 Å². The Balaban J connectivity index is 2.00. The molecule has 0 fully saturated rings. The summed E-state index contributed by atoms with van der Waals surface area (Å²) in [5, 5.41) is 13.2. The zero-order valence-electron chi connectivity index (χ0n) is 12.0. The van der Waals surface area contributed by atoms with Gasteiger partial charge in [-0.1, -0.05) is 15.9 Å². The first-order valence-electron chi connectivity index (χ1n) is 6.54. The minimum atomic E-state index is -0.734. The average molecular weight is 444 g/mol. The van der Waals surface area contributed by atoms with Crippen molar-refractivity contribution in [1.82, 2.24) is 0 Å². The predicted octanol–water partition coefficient (Wildman–Crippen LogP) is 4.53. The van der Waals surface area contributed by atoms with Crippen molar-refractivity contribution in [2.24, 2.45) is 0 Å². The van der Waals surface area contributed by atoms with Crippen LogP contribution < -0.4 is 10.1 Å². The molecule has 2 rings (SSSR count). The Hall–Kier alpha value is -1.93. The molecule has 0 saturated heterocycles. The van der Waals surface area contributed by atoms with Gasteiger partial charge in [0.2, 0.25) is 0 Å². The lowest BCUT2D eigenvalue weighted by molar-refractivity contribution is -0.384. The van der Waals surface area contributed by atoms with E-state index in [1.54, 1.807) is 19.1 Å². The second kappa shape index (κ2) is 7.56. The molecular weight excluding hydrogens is 432 g/mol. The first kappa shape index (κ1) is 17.4. The third kappa shape index (κ3) is 4.77. The normalized spacial score (nSPS) is 11.6. The van der Waals surface area contributed by atoms with Gasteiger partial charge in [0.05, 0.1) is 9.40 Å². The Kier molecular flexibility index (Phi) is 5.73. The van der Waals surface area contributed by atoms with Crippen LogP contribution in [0.5, 0.6) is 5.75 Å². The van der Waals surface area contributed by atoms with Gasteiger partial charge in [0.1, 0.15) is 5.75 Å².